The molecule has 2 aromatic rings. The standard InChI is InChI=1S/C15H18N4O2/c1-10-6-15(18-9-17-10)16-8-12-4-5-14(21-3)13(7-12)19-11(2)20/h4-7,9H,8H2,1-3H3,(H,19,20)(H,16,17,18). The Labute approximate surface area is 123 Å². The lowest BCUT2D eigenvalue weighted by atomic mass is 10.2. The van der Waals surface area contributed by atoms with Crippen LogP contribution in [-0.2, 0) is 11.3 Å². The first-order valence-electron chi connectivity index (χ1n) is 6.55. The minimum atomic E-state index is -0.134. The molecule has 2 N–H and O–H groups in total. The molecule has 0 spiro atoms. The van der Waals surface area contributed by atoms with Gasteiger partial charge in [0.05, 0.1) is 12.8 Å². The van der Waals surface area contributed by atoms with Crippen molar-refractivity contribution in [1.82, 2.24) is 9.97 Å². The molecule has 0 saturated carbocycles. The van der Waals surface area contributed by atoms with Gasteiger partial charge in [-0.3, -0.25) is 4.79 Å². The van der Waals surface area contributed by atoms with Crippen LogP contribution in [0.15, 0.2) is 30.6 Å². The molecule has 0 atom stereocenters. The highest BCUT2D eigenvalue weighted by Crippen LogP contribution is 2.25. The van der Waals surface area contributed by atoms with Gasteiger partial charge < -0.3 is 15.4 Å². The Kier molecular flexibility index (Phi) is 4.71. The highest BCUT2D eigenvalue weighted by atomic mass is 16.5. The summed E-state index contributed by atoms with van der Waals surface area (Å²) in [5.41, 5.74) is 2.57. The molecule has 0 aliphatic rings. The van der Waals surface area contributed by atoms with Gasteiger partial charge in [0, 0.05) is 25.2 Å². The van der Waals surface area contributed by atoms with Crippen molar-refractivity contribution in [1.29, 1.82) is 0 Å². The maximum Gasteiger partial charge on any atom is 0.221 e. The van der Waals surface area contributed by atoms with Gasteiger partial charge in [0.1, 0.15) is 17.9 Å². The number of anilines is 2. The molecular formula is C15H18N4O2. The average Bonchev–Trinajstić information content (AvgIpc) is 2.45. The van der Waals surface area contributed by atoms with Crippen LogP contribution in [0.1, 0.15) is 18.2 Å². The average molecular weight is 286 g/mol. The molecule has 0 bridgehead atoms. The summed E-state index contributed by atoms with van der Waals surface area (Å²) in [5, 5.41) is 5.97. The van der Waals surface area contributed by atoms with E-state index in [1.165, 1.54) is 13.3 Å². The second-order valence-corrected chi connectivity index (χ2v) is 4.61. The van der Waals surface area contributed by atoms with E-state index in [2.05, 4.69) is 20.6 Å². The number of aryl methyl sites for hydroxylation is 1. The molecule has 1 aromatic heterocycles. The van der Waals surface area contributed by atoms with Crippen LogP contribution in [0.3, 0.4) is 0 Å². The van der Waals surface area contributed by atoms with E-state index in [9.17, 15) is 4.79 Å². The van der Waals surface area contributed by atoms with Crippen LogP contribution in [0.4, 0.5) is 11.5 Å². The van der Waals surface area contributed by atoms with Crippen molar-refractivity contribution < 1.29 is 9.53 Å². The Morgan fingerprint density at radius 1 is 1.29 bits per heavy atom. The Balaban J connectivity index is 2.11. The zero-order valence-corrected chi connectivity index (χ0v) is 12.3. The number of carbonyl (C=O) groups excluding carboxylic acids is 1. The van der Waals surface area contributed by atoms with E-state index in [-0.39, 0.29) is 5.91 Å². The van der Waals surface area contributed by atoms with Crippen LogP contribution >= 0.6 is 0 Å². The smallest absolute Gasteiger partial charge is 0.221 e. The molecule has 0 radical (unpaired) electrons. The maximum absolute atomic E-state index is 11.2. The van der Waals surface area contributed by atoms with Crippen LogP contribution in [0, 0.1) is 6.92 Å². The van der Waals surface area contributed by atoms with Gasteiger partial charge in [0.15, 0.2) is 0 Å². The number of benzene rings is 1. The highest BCUT2D eigenvalue weighted by molar-refractivity contribution is 5.90. The predicted molar refractivity (Wildman–Crippen MR) is 81.4 cm³/mol. The van der Waals surface area contributed by atoms with E-state index >= 15 is 0 Å². The van der Waals surface area contributed by atoms with Crippen LogP contribution in [0.5, 0.6) is 5.75 Å². The second kappa shape index (κ2) is 6.69. The summed E-state index contributed by atoms with van der Waals surface area (Å²) in [6.07, 6.45) is 1.52. The number of methoxy groups -OCH3 is 1. The van der Waals surface area contributed by atoms with Crippen molar-refractivity contribution in [2.24, 2.45) is 0 Å². The Bertz CT molecular complexity index is 643. The third kappa shape index (κ3) is 4.17. The van der Waals surface area contributed by atoms with Gasteiger partial charge in [-0.1, -0.05) is 6.07 Å². The fraction of sp³-hybridized carbons (Fsp3) is 0.267. The topological polar surface area (TPSA) is 76.1 Å². The second-order valence-electron chi connectivity index (χ2n) is 4.61. The van der Waals surface area contributed by atoms with Crippen LogP contribution < -0.4 is 15.4 Å². The lowest BCUT2D eigenvalue weighted by Crippen LogP contribution is -2.08. The number of carbonyl (C=O) groups is 1. The van der Waals surface area contributed by atoms with Gasteiger partial charge in [0.25, 0.3) is 0 Å². The van der Waals surface area contributed by atoms with Gasteiger partial charge in [0.2, 0.25) is 5.91 Å². The molecule has 0 aliphatic heterocycles. The van der Waals surface area contributed by atoms with Gasteiger partial charge in [-0.15, -0.1) is 0 Å². The highest BCUT2D eigenvalue weighted by Gasteiger charge is 2.06. The van der Waals surface area contributed by atoms with Crippen LogP contribution in [-0.4, -0.2) is 23.0 Å². The Morgan fingerprint density at radius 2 is 2.10 bits per heavy atom. The largest absolute Gasteiger partial charge is 0.495 e. The third-order valence-electron chi connectivity index (χ3n) is 2.85. The van der Waals surface area contributed by atoms with Gasteiger partial charge in [-0.05, 0) is 24.6 Å². The summed E-state index contributed by atoms with van der Waals surface area (Å²) < 4.78 is 5.22. The fourth-order valence-electron chi connectivity index (χ4n) is 1.90. The third-order valence-corrected chi connectivity index (χ3v) is 2.85. The summed E-state index contributed by atoms with van der Waals surface area (Å²) in [4.78, 5) is 19.4. The lowest BCUT2D eigenvalue weighted by molar-refractivity contribution is -0.114. The van der Waals surface area contributed by atoms with Crippen molar-refractivity contribution in [3.8, 4) is 5.75 Å². The normalized spacial score (nSPS) is 10.0. The minimum absolute atomic E-state index is 0.134. The monoisotopic (exact) mass is 286 g/mol. The van der Waals surface area contributed by atoms with Crippen molar-refractivity contribution in [3.05, 3.63) is 41.9 Å². The number of amides is 1. The van der Waals surface area contributed by atoms with E-state index in [1.807, 2.05) is 31.2 Å². The number of hydrogen-bond acceptors (Lipinski definition) is 5. The first kappa shape index (κ1) is 14.8. The first-order chi connectivity index (χ1) is 10.1. The van der Waals surface area contributed by atoms with Gasteiger partial charge in [-0.25, -0.2) is 9.97 Å². The number of rotatable bonds is 5. The quantitative estimate of drug-likeness (QED) is 0.882. The van der Waals surface area contributed by atoms with E-state index in [4.69, 9.17) is 4.74 Å². The molecule has 110 valence electrons. The molecule has 1 amide bonds. The zero-order chi connectivity index (χ0) is 15.2. The van der Waals surface area contributed by atoms with E-state index in [1.54, 1.807) is 7.11 Å². The number of ether oxygens (including phenoxy) is 1. The van der Waals surface area contributed by atoms with Crippen molar-refractivity contribution in [2.75, 3.05) is 17.7 Å². The Morgan fingerprint density at radius 3 is 2.76 bits per heavy atom. The predicted octanol–water partition coefficient (Wildman–Crippen LogP) is 2.36. The van der Waals surface area contributed by atoms with Crippen LogP contribution in [0.2, 0.25) is 0 Å². The molecule has 6 heteroatoms. The molecule has 0 unspecified atom stereocenters. The number of aromatic nitrogens is 2. The number of nitrogens with one attached hydrogen (secondary N) is 2. The fourth-order valence-corrected chi connectivity index (χ4v) is 1.90. The maximum atomic E-state index is 11.2. The first-order valence-corrected chi connectivity index (χ1v) is 6.55. The molecule has 21 heavy (non-hydrogen) atoms. The summed E-state index contributed by atoms with van der Waals surface area (Å²) in [5.74, 6) is 1.26. The summed E-state index contributed by atoms with van der Waals surface area (Å²) in [6, 6.07) is 7.51. The van der Waals surface area contributed by atoms with Crippen LogP contribution in [0.25, 0.3) is 0 Å². The van der Waals surface area contributed by atoms with E-state index < -0.39 is 0 Å². The van der Waals surface area contributed by atoms with Crippen molar-refractivity contribution in [3.63, 3.8) is 0 Å². The van der Waals surface area contributed by atoms with Gasteiger partial charge in [-0.2, -0.15) is 0 Å². The lowest BCUT2D eigenvalue weighted by Gasteiger charge is -2.12. The molecular weight excluding hydrogens is 268 g/mol. The zero-order valence-electron chi connectivity index (χ0n) is 12.3. The van der Waals surface area contributed by atoms with Gasteiger partial charge >= 0.3 is 0 Å². The summed E-state index contributed by atoms with van der Waals surface area (Å²) in [6.45, 7) is 3.97. The van der Waals surface area contributed by atoms with Crippen molar-refractivity contribution in [2.45, 2.75) is 20.4 Å². The summed E-state index contributed by atoms with van der Waals surface area (Å²) in [7, 11) is 1.57. The number of nitrogens with zero attached hydrogens (tertiary/aromatic N) is 2. The molecule has 1 aromatic carbocycles. The number of hydrogen-bond donors (Lipinski definition) is 2. The SMILES string of the molecule is COc1ccc(CNc2cc(C)ncn2)cc1NC(C)=O. The molecule has 0 saturated heterocycles. The minimum Gasteiger partial charge on any atom is -0.495 e. The molecule has 1 heterocycles. The molecule has 0 fully saturated rings. The molecule has 0 aliphatic carbocycles. The van der Waals surface area contributed by atoms with Crippen molar-refractivity contribution >= 4 is 17.4 Å². The van der Waals surface area contributed by atoms with E-state index in [0.29, 0.717) is 18.0 Å². The molecule has 2 rings (SSSR count). The molecule has 6 nitrogen and oxygen atoms in total. The van der Waals surface area contributed by atoms with E-state index in [0.717, 1.165) is 17.1 Å². The summed E-state index contributed by atoms with van der Waals surface area (Å²) >= 11 is 0. The Hall–Kier alpha value is -2.63.